The summed E-state index contributed by atoms with van der Waals surface area (Å²) < 4.78 is 39.8. The molecule has 122 valence electrons. The van der Waals surface area contributed by atoms with Crippen LogP contribution in [0.1, 0.15) is 17.0 Å². The first-order valence-corrected chi connectivity index (χ1v) is 7.23. The van der Waals surface area contributed by atoms with E-state index in [-0.39, 0.29) is 11.3 Å². The molecule has 3 nitrogen and oxygen atoms in total. The number of rotatable bonds is 2. The van der Waals surface area contributed by atoms with Crippen molar-refractivity contribution in [2.75, 3.05) is 0 Å². The van der Waals surface area contributed by atoms with Gasteiger partial charge in [-0.3, -0.25) is 0 Å². The van der Waals surface area contributed by atoms with Crippen LogP contribution in [0.4, 0.5) is 13.2 Å². The number of halogens is 4. The molecule has 1 aromatic heterocycles. The highest BCUT2D eigenvalue weighted by Crippen LogP contribution is 2.32. The number of alkyl halides is 3. The van der Waals surface area contributed by atoms with E-state index in [1.165, 1.54) is 30.3 Å². The number of nitrogens with zero attached hydrogens (tertiary/aromatic N) is 2. The van der Waals surface area contributed by atoms with Crippen molar-refractivity contribution >= 4 is 34.5 Å². The van der Waals surface area contributed by atoms with Crippen LogP contribution in [0, 0.1) is 0 Å². The summed E-state index contributed by atoms with van der Waals surface area (Å²) in [6.45, 7) is 0. The van der Waals surface area contributed by atoms with Gasteiger partial charge in [0, 0.05) is 16.7 Å². The van der Waals surface area contributed by atoms with Gasteiger partial charge < -0.3 is 5.11 Å². The summed E-state index contributed by atoms with van der Waals surface area (Å²) in [5.41, 5.74) is -0.841. The molecule has 3 rings (SSSR count). The molecule has 0 bridgehead atoms. The highest BCUT2D eigenvalue weighted by Gasteiger charge is 2.36. The smallest absolute Gasteiger partial charge is 0.435 e. The molecule has 1 N–H and O–H groups in total. The van der Waals surface area contributed by atoms with E-state index in [9.17, 15) is 18.3 Å². The van der Waals surface area contributed by atoms with Gasteiger partial charge in [-0.2, -0.15) is 13.2 Å². The molecule has 0 aliphatic heterocycles. The van der Waals surface area contributed by atoms with Gasteiger partial charge in [0.1, 0.15) is 5.76 Å². The zero-order valence-corrected chi connectivity index (χ0v) is 12.8. The Morgan fingerprint density at radius 2 is 1.54 bits per heavy atom. The maximum Gasteiger partial charge on any atom is 0.435 e. The number of para-hydroxylation sites is 2. The number of hydrogen-bond acceptors (Lipinski definition) is 3. The molecular formula is C17H10ClF3N2O. The first-order chi connectivity index (χ1) is 11.3. The lowest BCUT2D eigenvalue weighted by molar-refractivity contribution is -0.141. The standard InChI is InChI=1S/C17H10ClF3N2O/c18-11-7-5-10(6-8-11)15(24)9-14-16(17(19,20)21)23-13-4-2-1-3-12(13)22-14/h1-9,24H/b15-9-. The molecule has 0 spiro atoms. The predicted octanol–water partition coefficient (Wildman–Crippen LogP) is 5.36. The van der Waals surface area contributed by atoms with Crippen molar-refractivity contribution in [3.63, 3.8) is 0 Å². The summed E-state index contributed by atoms with van der Waals surface area (Å²) in [7, 11) is 0. The van der Waals surface area contributed by atoms with Crippen LogP contribution in [0.3, 0.4) is 0 Å². The lowest BCUT2D eigenvalue weighted by Crippen LogP contribution is -2.12. The van der Waals surface area contributed by atoms with Gasteiger partial charge in [-0.15, -0.1) is 0 Å². The monoisotopic (exact) mass is 350 g/mol. The summed E-state index contributed by atoms with van der Waals surface area (Å²) >= 11 is 5.75. The van der Waals surface area contributed by atoms with Crippen molar-refractivity contribution in [3.05, 3.63) is 70.5 Å². The van der Waals surface area contributed by atoms with E-state index in [0.717, 1.165) is 6.08 Å². The summed E-state index contributed by atoms with van der Waals surface area (Å²) in [5, 5.41) is 10.6. The molecule has 1 heterocycles. The van der Waals surface area contributed by atoms with Gasteiger partial charge in [0.15, 0.2) is 5.69 Å². The third kappa shape index (κ3) is 3.33. The molecule has 0 saturated heterocycles. The molecule has 0 aliphatic carbocycles. The average Bonchev–Trinajstić information content (AvgIpc) is 2.54. The Hall–Kier alpha value is -2.60. The summed E-state index contributed by atoms with van der Waals surface area (Å²) in [4.78, 5) is 7.62. The van der Waals surface area contributed by atoms with Gasteiger partial charge in [0.2, 0.25) is 0 Å². The van der Waals surface area contributed by atoms with Gasteiger partial charge >= 0.3 is 6.18 Å². The molecule has 0 amide bonds. The second-order valence-corrected chi connectivity index (χ2v) is 5.42. The third-order valence-corrected chi connectivity index (χ3v) is 3.53. The van der Waals surface area contributed by atoms with Crippen molar-refractivity contribution in [2.45, 2.75) is 6.18 Å². The largest absolute Gasteiger partial charge is 0.507 e. The van der Waals surface area contributed by atoms with E-state index in [2.05, 4.69) is 9.97 Å². The van der Waals surface area contributed by atoms with Gasteiger partial charge in [-0.1, -0.05) is 23.7 Å². The van der Waals surface area contributed by atoms with Crippen molar-refractivity contribution < 1.29 is 18.3 Å². The van der Waals surface area contributed by atoms with Crippen LogP contribution in [-0.2, 0) is 6.18 Å². The molecule has 24 heavy (non-hydrogen) atoms. The summed E-state index contributed by atoms with van der Waals surface area (Å²) in [5.74, 6) is -0.359. The van der Waals surface area contributed by atoms with Crippen LogP contribution < -0.4 is 0 Å². The number of aliphatic hydroxyl groups excluding tert-OH is 1. The van der Waals surface area contributed by atoms with Crippen molar-refractivity contribution in [1.82, 2.24) is 9.97 Å². The maximum absolute atomic E-state index is 13.3. The minimum Gasteiger partial charge on any atom is -0.507 e. The van der Waals surface area contributed by atoms with Crippen LogP contribution >= 0.6 is 11.6 Å². The number of hydrogen-bond donors (Lipinski definition) is 1. The van der Waals surface area contributed by atoms with Crippen molar-refractivity contribution in [1.29, 1.82) is 0 Å². The van der Waals surface area contributed by atoms with Gasteiger partial charge in [-0.25, -0.2) is 9.97 Å². The Kier molecular flexibility index (Phi) is 4.15. The van der Waals surface area contributed by atoms with Crippen LogP contribution in [0.15, 0.2) is 48.5 Å². The van der Waals surface area contributed by atoms with E-state index in [0.29, 0.717) is 16.1 Å². The van der Waals surface area contributed by atoms with E-state index >= 15 is 0 Å². The second kappa shape index (κ2) is 6.13. The number of benzene rings is 2. The molecule has 0 unspecified atom stereocenters. The molecule has 0 saturated carbocycles. The van der Waals surface area contributed by atoms with E-state index in [1.54, 1.807) is 18.2 Å². The summed E-state index contributed by atoms with van der Waals surface area (Å²) in [6.07, 6.45) is -3.74. The lowest BCUT2D eigenvalue weighted by atomic mass is 10.1. The molecule has 0 radical (unpaired) electrons. The van der Waals surface area contributed by atoms with E-state index in [4.69, 9.17) is 11.6 Å². The molecule has 7 heteroatoms. The zero-order valence-electron chi connectivity index (χ0n) is 12.0. The first kappa shape index (κ1) is 16.3. The first-order valence-electron chi connectivity index (χ1n) is 6.85. The van der Waals surface area contributed by atoms with Gasteiger partial charge in [0.25, 0.3) is 0 Å². The lowest BCUT2D eigenvalue weighted by Gasteiger charge is -2.10. The third-order valence-electron chi connectivity index (χ3n) is 3.28. The van der Waals surface area contributed by atoms with E-state index in [1.807, 2.05) is 0 Å². The molecule has 3 aromatic rings. The molecule has 0 aliphatic rings. The van der Waals surface area contributed by atoms with Crippen LogP contribution in [-0.4, -0.2) is 15.1 Å². The molecule has 0 fully saturated rings. The average molecular weight is 351 g/mol. The van der Waals surface area contributed by atoms with Gasteiger partial charge in [0.05, 0.1) is 16.7 Å². The Morgan fingerprint density at radius 1 is 0.958 bits per heavy atom. The Morgan fingerprint density at radius 3 is 2.12 bits per heavy atom. The second-order valence-electron chi connectivity index (χ2n) is 4.98. The quantitative estimate of drug-likeness (QED) is 0.633. The Balaban J connectivity index is 2.16. The minimum absolute atomic E-state index is 0.132. The van der Waals surface area contributed by atoms with E-state index < -0.39 is 17.6 Å². The number of fused-ring (bicyclic) bond motifs is 1. The van der Waals surface area contributed by atoms with Gasteiger partial charge in [-0.05, 0) is 36.4 Å². The van der Waals surface area contributed by atoms with Crippen molar-refractivity contribution in [3.8, 4) is 0 Å². The SMILES string of the molecule is O/C(=C\c1nc2ccccc2nc1C(F)(F)F)c1ccc(Cl)cc1. The topological polar surface area (TPSA) is 46.0 Å². The molecular weight excluding hydrogens is 341 g/mol. The number of aliphatic hydroxyl groups is 1. The fourth-order valence-corrected chi connectivity index (χ4v) is 2.28. The van der Waals surface area contributed by atoms with Crippen LogP contribution in [0.2, 0.25) is 5.02 Å². The Bertz CT molecular complexity index is 921. The molecule has 2 aromatic carbocycles. The zero-order chi connectivity index (χ0) is 17.3. The highest BCUT2D eigenvalue weighted by molar-refractivity contribution is 6.30. The normalized spacial score (nSPS) is 12.6. The summed E-state index contributed by atoms with van der Waals surface area (Å²) in [6, 6.07) is 12.3. The predicted molar refractivity (Wildman–Crippen MR) is 86.5 cm³/mol. The van der Waals surface area contributed by atoms with Crippen LogP contribution in [0.5, 0.6) is 0 Å². The number of aromatic nitrogens is 2. The fourth-order valence-electron chi connectivity index (χ4n) is 2.16. The molecule has 0 atom stereocenters. The minimum atomic E-state index is -4.69. The van der Waals surface area contributed by atoms with Crippen molar-refractivity contribution in [2.24, 2.45) is 0 Å². The Labute approximate surface area is 140 Å². The maximum atomic E-state index is 13.3. The van der Waals surface area contributed by atoms with Crippen LogP contribution in [0.25, 0.3) is 22.9 Å². The fraction of sp³-hybridized carbons (Fsp3) is 0.0588. The highest BCUT2D eigenvalue weighted by atomic mass is 35.5.